The molecular formula is C22H19FN4O3. The maximum absolute atomic E-state index is 13.9. The summed E-state index contributed by atoms with van der Waals surface area (Å²) in [7, 11) is 0. The fraction of sp³-hybridized carbons (Fsp3) is 0.182. The molecule has 152 valence electrons. The van der Waals surface area contributed by atoms with Gasteiger partial charge in [0.2, 0.25) is 0 Å². The van der Waals surface area contributed by atoms with Gasteiger partial charge in [-0.25, -0.2) is 9.37 Å². The van der Waals surface area contributed by atoms with Crippen molar-refractivity contribution in [2.45, 2.75) is 19.9 Å². The lowest BCUT2D eigenvalue weighted by Gasteiger charge is -2.27. The Morgan fingerprint density at radius 3 is 2.80 bits per heavy atom. The fourth-order valence-corrected chi connectivity index (χ4v) is 3.45. The van der Waals surface area contributed by atoms with Gasteiger partial charge in [0.1, 0.15) is 5.82 Å². The topological polar surface area (TPSA) is 95.2 Å². The molecule has 2 amide bonds. The van der Waals surface area contributed by atoms with Crippen molar-refractivity contribution in [3.8, 4) is 0 Å². The molecule has 7 nitrogen and oxygen atoms in total. The first-order chi connectivity index (χ1) is 14.4. The summed E-state index contributed by atoms with van der Waals surface area (Å²) in [6.45, 7) is 2.42. The Balaban J connectivity index is 1.56. The highest BCUT2D eigenvalue weighted by Gasteiger charge is 2.25. The molecule has 2 N–H and O–H groups in total. The molecular weight excluding hydrogens is 387 g/mol. The number of halogens is 1. The smallest absolute Gasteiger partial charge is 0.258 e. The van der Waals surface area contributed by atoms with Gasteiger partial charge in [0.05, 0.1) is 24.1 Å². The molecule has 1 aliphatic rings. The van der Waals surface area contributed by atoms with Crippen molar-refractivity contribution < 1.29 is 14.0 Å². The Hall–Kier alpha value is -3.81. The summed E-state index contributed by atoms with van der Waals surface area (Å²) in [5.41, 5.74) is 2.49. The van der Waals surface area contributed by atoms with Gasteiger partial charge in [-0.15, -0.1) is 0 Å². The first-order valence-electron chi connectivity index (χ1n) is 9.45. The summed E-state index contributed by atoms with van der Waals surface area (Å²) in [4.78, 5) is 45.7. The highest BCUT2D eigenvalue weighted by atomic mass is 19.1. The van der Waals surface area contributed by atoms with E-state index in [0.717, 1.165) is 5.56 Å². The molecule has 2 heterocycles. The molecule has 0 aliphatic carbocycles. The number of aromatic amines is 1. The number of hydrogen-bond acceptors (Lipinski definition) is 4. The Bertz CT molecular complexity index is 1200. The average Bonchev–Trinajstić information content (AvgIpc) is 2.75. The number of nitrogens with one attached hydrogen (secondary N) is 2. The maximum atomic E-state index is 13.9. The number of hydrogen-bond donors (Lipinski definition) is 2. The van der Waals surface area contributed by atoms with Gasteiger partial charge in [-0.2, -0.15) is 0 Å². The Morgan fingerprint density at radius 1 is 1.20 bits per heavy atom. The largest absolute Gasteiger partial charge is 0.332 e. The first kappa shape index (κ1) is 19.5. The van der Waals surface area contributed by atoms with Gasteiger partial charge >= 0.3 is 0 Å². The molecule has 1 aliphatic heterocycles. The van der Waals surface area contributed by atoms with Crippen LogP contribution in [0.2, 0.25) is 0 Å². The van der Waals surface area contributed by atoms with E-state index in [1.54, 1.807) is 36.1 Å². The summed E-state index contributed by atoms with van der Waals surface area (Å²) in [5, 5.41) is 2.68. The standard InChI is InChI=1S/C22H19FN4O3/c1-13-6-7-14(10-18(13)26-21(29)15-4-2-3-5-17(15)23)22(30)27-9-8-16-19(11-27)24-12-25-20(16)28/h2-7,10,12H,8-9,11H2,1H3,(H,26,29)(H,24,25,28). The van der Waals surface area contributed by atoms with Crippen LogP contribution >= 0.6 is 0 Å². The van der Waals surface area contributed by atoms with Crippen molar-refractivity contribution in [3.63, 3.8) is 0 Å². The van der Waals surface area contributed by atoms with E-state index in [2.05, 4.69) is 15.3 Å². The number of amides is 2. The van der Waals surface area contributed by atoms with Crippen LogP contribution in [0.3, 0.4) is 0 Å². The third-order valence-electron chi connectivity index (χ3n) is 5.15. The van der Waals surface area contributed by atoms with Crippen LogP contribution in [-0.2, 0) is 13.0 Å². The second kappa shape index (κ2) is 7.90. The highest BCUT2D eigenvalue weighted by Crippen LogP contribution is 2.22. The zero-order valence-electron chi connectivity index (χ0n) is 16.2. The van der Waals surface area contributed by atoms with Crippen molar-refractivity contribution >= 4 is 17.5 Å². The minimum absolute atomic E-state index is 0.0717. The average molecular weight is 406 g/mol. The summed E-state index contributed by atoms with van der Waals surface area (Å²) in [6, 6.07) is 10.7. The van der Waals surface area contributed by atoms with Crippen molar-refractivity contribution in [2.75, 3.05) is 11.9 Å². The van der Waals surface area contributed by atoms with Gasteiger partial charge in [-0.1, -0.05) is 18.2 Å². The number of anilines is 1. The van der Waals surface area contributed by atoms with Crippen molar-refractivity contribution in [1.29, 1.82) is 0 Å². The zero-order chi connectivity index (χ0) is 21.3. The second-order valence-electron chi connectivity index (χ2n) is 7.10. The Morgan fingerprint density at radius 2 is 2.00 bits per heavy atom. The summed E-state index contributed by atoms with van der Waals surface area (Å²) < 4.78 is 13.9. The SMILES string of the molecule is Cc1ccc(C(=O)N2CCc3c(nc[nH]c3=O)C2)cc1NC(=O)c1ccccc1F. The molecule has 0 radical (unpaired) electrons. The lowest BCUT2D eigenvalue weighted by molar-refractivity contribution is 0.0731. The normalized spacial score (nSPS) is 12.9. The van der Waals surface area contributed by atoms with E-state index in [9.17, 15) is 18.8 Å². The number of carbonyl (C=O) groups excluding carboxylic acids is 2. The molecule has 0 atom stereocenters. The molecule has 3 aromatic rings. The quantitative estimate of drug-likeness (QED) is 0.699. The molecule has 0 unspecified atom stereocenters. The molecule has 0 fully saturated rings. The predicted octanol–water partition coefficient (Wildman–Crippen LogP) is 2.67. The molecule has 30 heavy (non-hydrogen) atoms. The number of aromatic nitrogens is 2. The molecule has 0 saturated carbocycles. The molecule has 0 bridgehead atoms. The van der Waals surface area contributed by atoms with Crippen molar-refractivity contribution in [1.82, 2.24) is 14.9 Å². The van der Waals surface area contributed by atoms with E-state index in [1.807, 2.05) is 0 Å². The number of benzene rings is 2. The molecule has 8 heteroatoms. The Labute approximate surface area is 171 Å². The lowest BCUT2D eigenvalue weighted by Crippen LogP contribution is -2.39. The second-order valence-corrected chi connectivity index (χ2v) is 7.10. The van der Waals surface area contributed by atoms with Crippen molar-refractivity contribution in [2.24, 2.45) is 0 Å². The fourth-order valence-electron chi connectivity index (χ4n) is 3.45. The first-order valence-corrected chi connectivity index (χ1v) is 9.45. The number of carbonyl (C=O) groups is 2. The summed E-state index contributed by atoms with van der Waals surface area (Å²) in [5.74, 6) is -1.44. The lowest BCUT2D eigenvalue weighted by atomic mass is 10.0. The number of aryl methyl sites for hydroxylation is 1. The van der Waals surface area contributed by atoms with E-state index in [-0.39, 0.29) is 23.6 Å². The van der Waals surface area contributed by atoms with Crippen LogP contribution in [0, 0.1) is 12.7 Å². The Kier molecular flexibility index (Phi) is 5.14. The van der Waals surface area contributed by atoms with Crippen LogP contribution < -0.4 is 10.9 Å². The van der Waals surface area contributed by atoms with Crippen LogP contribution in [0.4, 0.5) is 10.1 Å². The molecule has 0 spiro atoms. The van der Waals surface area contributed by atoms with E-state index in [0.29, 0.717) is 35.5 Å². The molecule has 1 aromatic heterocycles. The monoisotopic (exact) mass is 406 g/mol. The minimum atomic E-state index is -0.616. The van der Waals surface area contributed by atoms with Gasteiger partial charge < -0.3 is 15.2 Å². The van der Waals surface area contributed by atoms with E-state index >= 15 is 0 Å². The van der Waals surface area contributed by atoms with Crippen LogP contribution in [-0.4, -0.2) is 33.2 Å². The summed E-state index contributed by atoms with van der Waals surface area (Å²) >= 11 is 0. The number of fused-ring (bicyclic) bond motifs is 1. The van der Waals surface area contributed by atoms with Crippen LogP contribution in [0.1, 0.15) is 37.5 Å². The van der Waals surface area contributed by atoms with Gasteiger partial charge in [0.25, 0.3) is 17.4 Å². The highest BCUT2D eigenvalue weighted by molar-refractivity contribution is 6.05. The van der Waals surface area contributed by atoms with Crippen LogP contribution in [0.5, 0.6) is 0 Å². The molecule has 0 saturated heterocycles. The van der Waals surface area contributed by atoms with Crippen LogP contribution in [0.15, 0.2) is 53.6 Å². The zero-order valence-corrected chi connectivity index (χ0v) is 16.2. The summed E-state index contributed by atoms with van der Waals surface area (Å²) in [6.07, 6.45) is 1.75. The van der Waals surface area contributed by atoms with Crippen molar-refractivity contribution in [3.05, 3.63) is 92.9 Å². The molecule has 2 aromatic carbocycles. The van der Waals surface area contributed by atoms with Gasteiger partial charge in [-0.05, 0) is 43.2 Å². The third kappa shape index (κ3) is 3.71. The maximum Gasteiger partial charge on any atom is 0.258 e. The van der Waals surface area contributed by atoms with E-state index < -0.39 is 11.7 Å². The van der Waals surface area contributed by atoms with Gasteiger partial charge in [0, 0.05) is 23.4 Å². The van der Waals surface area contributed by atoms with Gasteiger partial charge in [0.15, 0.2) is 0 Å². The predicted molar refractivity (Wildman–Crippen MR) is 109 cm³/mol. The van der Waals surface area contributed by atoms with E-state index in [4.69, 9.17) is 0 Å². The van der Waals surface area contributed by atoms with E-state index in [1.165, 1.54) is 24.5 Å². The number of rotatable bonds is 3. The minimum Gasteiger partial charge on any atom is -0.332 e. The molecule has 4 rings (SSSR count). The number of H-pyrrole nitrogens is 1. The number of nitrogens with zero attached hydrogens (tertiary/aromatic N) is 2. The third-order valence-corrected chi connectivity index (χ3v) is 5.15. The van der Waals surface area contributed by atoms with Gasteiger partial charge in [-0.3, -0.25) is 14.4 Å². The van der Waals surface area contributed by atoms with Crippen LogP contribution in [0.25, 0.3) is 0 Å².